The molecule has 0 spiro atoms. The van der Waals surface area contributed by atoms with Crippen LogP contribution in [0.25, 0.3) is 0 Å². The smallest absolute Gasteiger partial charge is 0.362 e. The van der Waals surface area contributed by atoms with Crippen LogP contribution in [0.4, 0.5) is 13.2 Å². The highest BCUT2D eigenvalue weighted by molar-refractivity contribution is 6.30. The quantitative estimate of drug-likeness (QED) is 0.850. The van der Waals surface area contributed by atoms with Gasteiger partial charge in [0.05, 0.1) is 18.6 Å². The molecule has 1 atom stereocenters. The Balaban J connectivity index is 1.96. The van der Waals surface area contributed by atoms with Crippen LogP contribution in [0.1, 0.15) is 23.1 Å². The summed E-state index contributed by atoms with van der Waals surface area (Å²) in [6.07, 6.45) is -6.27. The van der Waals surface area contributed by atoms with Crippen LogP contribution < -0.4 is 0 Å². The van der Waals surface area contributed by atoms with Gasteiger partial charge in [-0.05, 0) is 30.2 Å². The number of aliphatic hydroxyl groups is 1. The molecular formula is C19H16ClF3N2O2. The maximum atomic E-state index is 13.6. The van der Waals surface area contributed by atoms with Gasteiger partial charge in [0.2, 0.25) is 5.91 Å². The van der Waals surface area contributed by atoms with Crippen molar-refractivity contribution in [3.8, 4) is 0 Å². The van der Waals surface area contributed by atoms with Crippen molar-refractivity contribution in [2.75, 3.05) is 0 Å². The van der Waals surface area contributed by atoms with Gasteiger partial charge in [0.15, 0.2) is 0 Å². The number of nitrogens with zero attached hydrogens (tertiary/aromatic N) is 2. The van der Waals surface area contributed by atoms with Crippen LogP contribution in [-0.2, 0) is 11.2 Å². The zero-order valence-corrected chi connectivity index (χ0v) is 15.1. The van der Waals surface area contributed by atoms with E-state index >= 15 is 0 Å². The Bertz CT molecular complexity index is 914. The van der Waals surface area contributed by atoms with Crippen LogP contribution in [0.2, 0.25) is 5.02 Å². The molecule has 1 N–H and O–H groups in total. The first-order chi connectivity index (χ1) is 12.6. The molecule has 0 radical (unpaired) electrons. The summed E-state index contributed by atoms with van der Waals surface area (Å²) < 4.78 is 40.8. The van der Waals surface area contributed by atoms with E-state index in [9.17, 15) is 23.1 Å². The van der Waals surface area contributed by atoms with Gasteiger partial charge in [-0.15, -0.1) is 0 Å². The minimum Gasteiger partial charge on any atom is -0.362 e. The van der Waals surface area contributed by atoms with Crippen molar-refractivity contribution in [1.82, 2.24) is 5.01 Å². The summed E-state index contributed by atoms with van der Waals surface area (Å²) in [4.78, 5) is 12.5. The second kappa shape index (κ2) is 6.98. The topological polar surface area (TPSA) is 52.9 Å². The minimum absolute atomic E-state index is 0.00188. The summed E-state index contributed by atoms with van der Waals surface area (Å²) in [5.74, 6) is -0.972. The highest BCUT2D eigenvalue weighted by Crippen LogP contribution is 2.41. The van der Waals surface area contributed by atoms with E-state index in [2.05, 4.69) is 5.10 Å². The van der Waals surface area contributed by atoms with E-state index in [4.69, 9.17) is 11.6 Å². The molecule has 27 heavy (non-hydrogen) atoms. The molecule has 0 aliphatic carbocycles. The molecule has 1 heterocycles. The van der Waals surface area contributed by atoms with E-state index in [1.165, 1.54) is 6.07 Å². The van der Waals surface area contributed by atoms with E-state index in [1.807, 2.05) is 0 Å². The lowest BCUT2D eigenvalue weighted by Gasteiger charge is -2.32. The number of benzene rings is 2. The molecule has 0 aromatic heterocycles. The molecule has 3 rings (SSSR count). The summed E-state index contributed by atoms with van der Waals surface area (Å²) >= 11 is 5.85. The van der Waals surface area contributed by atoms with Crippen molar-refractivity contribution in [3.63, 3.8) is 0 Å². The van der Waals surface area contributed by atoms with Crippen LogP contribution in [0, 0.1) is 6.92 Å². The van der Waals surface area contributed by atoms with E-state index in [0.29, 0.717) is 16.1 Å². The lowest BCUT2D eigenvalue weighted by atomic mass is 9.99. The molecule has 4 nitrogen and oxygen atoms in total. The summed E-state index contributed by atoms with van der Waals surface area (Å²) in [5.41, 5.74) is -1.71. The fourth-order valence-corrected chi connectivity index (χ4v) is 3.12. The first-order valence-corrected chi connectivity index (χ1v) is 8.49. The fraction of sp³-hybridized carbons (Fsp3) is 0.263. The molecule has 8 heteroatoms. The van der Waals surface area contributed by atoms with Gasteiger partial charge in [-0.25, -0.2) is 0 Å². The van der Waals surface area contributed by atoms with Gasteiger partial charge in [-0.3, -0.25) is 4.79 Å². The molecule has 0 saturated carbocycles. The average molecular weight is 397 g/mol. The molecule has 0 bridgehead atoms. The van der Waals surface area contributed by atoms with Gasteiger partial charge in [0, 0.05) is 5.02 Å². The maximum Gasteiger partial charge on any atom is 0.438 e. The number of hydrogen-bond donors (Lipinski definition) is 1. The first-order valence-electron chi connectivity index (χ1n) is 8.11. The van der Waals surface area contributed by atoms with Crippen molar-refractivity contribution in [2.45, 2.75) is 31.7 Å². The summed E-state index contributed by atoms with van der Waals surface area (Å²) in [6.45, 7) is 1.79. The van der Waals surface area contributed by atoms with Crippen LogP contribution in [0.15, 0.2) is 53.6 Å². The standard InChI is InChI=1S/C19H16ClF3N2O2/c1-12-4-2-6-14(8-12)16-11-18(27,19(21,22)23)25(24-16)17(26)10-13-5-3-7-15(20)9-13/h2-9,27H,10-11H2,1H3. The van der Waals surface area contributed by atoms with E-state index in [-0.39, 0.29) is 17.1 Å². The van der Waals surface area contributed by atoms with E-state index in [1.54, 1.807) is 49.4 Å². The van der Waals surface area contributed by atoms with Gasteiger partial charge in [0.25, 0.3) is 5.72 Å². The Morgan fingerprint density at radius 1 is 1.26 bits per heavy atom. The molecular weight excluding hydrogens is 381 g/mol. The first kappa shape index (κ1) is 19.4. The molecule has 2 aromatic carbocycles. The Hall–Kier alpha value is -2.38. The Kier molecular flexibility index (Phi) is 5.01. The number of hydrogen-bond acceptors (Lipinski definition) is 3. The van der Waals surface area contributed by atoms with E-state index in [0.717, 1.165) is 5.56 Å². The molecule has 1 unspecified atom stereocenters. The van der Waals surface area contributed by atoms with Crippen LogP contribution >= 0.6 is 11.6 Å². The van der Waals surface area contributed by atoms with Gasteiger partial charge in [-0.1, -0.05) is 53.6 Å². The number of halogens is 4. The highest BCUT2D eigenvalue weighted by atomic mass is 35.5. The number of alkyl halides is 3. The zero-order valence-electron chi connectivity index (χ0n) is 14.3. The average Bonchev–Trinajstić information content (AvgIpc) is 2.94. The highest BCUT2D eigenvalue weighted by Gasteiger charge is 2.63. The fourth-order valence-electron chi connectivity index (χ4n) is 2.91. The molecule has 1 aliphatic rings. The molecule has 142 valence electrons. The predicted molar refractivity (Wildman–Crippen MR) is 95.3 cm³/mol. The lowest BCUT2D eigenvalue weighted by molar-refractivity contribution is -0.302. The summed E-state index contributed by atoms with van der Waals surface area (Å²) in [6, 6.07) is 12.9. The third-order valence-electron chi connectivity index (χ3n) is 4.27. The number of amides is 1. The molecule has 2 aromatic rings. The van der Waals surface area contributed by atoms with Gasteiger partial charge in [0.1, 0.15) is 0 Å². The van der Waals surface area contributed by atoms with Crippen LogP contribution in [0.3, 0.4) is 0 Å². The zero-order chi connectivity index (χ0) is 19.8. The predicted octanol–water partition coefficient (Wildman–Crippen LogP) is 4.08. The third-order valence-corrected chi connectivity index (χ3v) is 4.51. The van der Waals surface area contributed by atoms with Gasteiger partial charge in [-0.2, -0.15) is 23.3 Å². The second-order valence-corrected chi connectivity index (χ2v) is 6.86. The Morgan fingerprint density at radius 2 is 1.96 bits per heavy atom. The number of carbonyl (C=O) groups excluding carboxylic acids is 1. The normalized spacial score (nSPS) is 19.9. The summed E-state index contributed by atoms with van der Waals surface area (Å²) in [5, 5.41) is 14.7. The van der Waals surface area contributed by atoms with Crippen molar-refractivity contribution in [2.24, 2.45) is 5.10 Å². The van der Waals surface area contributed by atoms with Crippen LogP contribution in [-0.4, -0.2) is 33.6 Å². The number of aryl methyl sites for hydroxylation is 1. The van der Waals surface area contributed by atoms with Crippen molar-refractivity contribution in [3.05, 3.63) is 70.2 Å². The number of hydrazone groups is 1. The number of carbonyl (C=O) groups is 1. The SMILES string of the molecule is Cc1cccc(C2=NN(C(=O)Cc3cccc(Cl)c3)C(O)(C(F)(F)F)C2)c1. The minimum atomic E-state index is -5.06. The van der Waals surface area contributed by atoms with Crippen molar-refractivity contribution >= 4 is 23.2 Å². The van der Waals surface area contributed by atoms with Crippen molar-refractivity contribution < 1.29 is 23.1 Å². The van der Waals surface area contributed by atoms with E-state index < -0.39 is 24.2 Å². The van der Waals surface area contributed by atoms with Crippen molar-refractivity contribution in [1.29, 1.82) is 0 Å². The Morgan fingerprint density at radius 3 is 2.59 bits per heavy atom. The molecule has 0 saturated heterocycles. The largest absolute Gasteiger partial charge is 0.438 e. The molecule has 1 amide bonds. The molecule has 0 fully saturated rings. The third kappa shape index (κ3) is 3.84. The van der Waals surface area contributed by atoms with Gasteiger partial charge < -0.3 is 5.11 Å². The Labute approximate surface area is 158 Å². The van der Waals surface area contributed by atoms with Crippen LogP contribution in [0.5, 0.6) is 0 Å². The number of rotatable bonds is 3. The monoisotopic (exact) mass is 396 g/mol. The van der Waals surface area contributed by atoms with Gasteiger partial charge >= 0.3 is 6.18 Å². The molecule has 1 aliphatic heterocycles. The maximum absolute atomic E-state index is 13.6. The second-order valence-electron chi connectivity index (χ2n) is 6.42. The lowest BCUT2D eigenvalue weighted by Crippen LogP contribution is -2.57. The summed E-state index contributed by atoms with van der Waals surface area (Å²) in [7, 11) is 0.